The number of imidazole rings is 1. The molecule has 7 heteroatoms. The first-order valence-electron chi connectivity index (χ1n) is 26.8. The van der Waals surface area contributed by atoms with Crippen LogP contribution >= 0.6 is 0 Å². The molecule has 0 aliphatic heterocycles. The molecule has 0 N–H and O–H groups in total. The van der Waals surface area contributed by atoms with E-state index in [1.165, 1.54) is 58.3 Å². The maximum absolute atomic E-state index is 14.1. The second-order valence-electron chi connectivity index (χ2n) is 20.8. The predicted molar refractivity (Wildman–Crippen MR) is 287 cm³/mol. The van der Waals surface area contributed by atoms with Crippen molar-refractivity contribution in [2.75, 3.05) is 0 Å². The van der Waals surface area contributed by atoms with E-state index in [0.29, 0.717) is 39.1 Å². The SMILES string of the molecule is CC(C)c1cc(-c2ccc(C(C)(C)C)cc2)cc(C(C)C)c1-n1c(-c2[c-]ccc3c2oc2cc(-c4cc(F)cc(F)c4)ccc23)nc2ccccc21.[2H]C([2H])([2H])c1c[c-]c(-c2cc(C(C)(C)C)c(C([2H])([2H])[2H])cn2)cc1.[Ir]. The van der Waals surface area contributed by atoms with E-state index in [-0.39, 0.29) is 53.9 Å². The maximum Gasteiger partial charge on any atom is 0.126 e. The monoisotopic (exact) mass is 1120 g/mol. The fourth-order valence-corrected chi connectivity index (χ4v) is 9.18. The minimum absolute atomic E-state index is 0. The number of halogens is 2. The van der Waals surface area contributed by atoms with Crippen molar-refractivity contribution >= 4 is 33.0 Å². The van der Waals surface area contributed by atoms with Gasteiger partial charge in [-0.3, -0.25) is 4.98 Å². The number of pyridine rings is 1. The molecule has 0 unspecified atom stereocenters. The Balaban J connectivity index is 0.000000264. The standard InChI is InChI=1S/C47H41F2N2O.C17H20N.Ir/c1-27(2)39-23-32(29-15-18-33(19-16-29)47(5,6)7)24-40(28(3)4)44(39)51-42-14-9-8-13-41(42)50-46(51)38-12-10-11-37-36-20-17-30(25-43(36)52-45(37)38)31-21-34(48)26-35(49)22-31;1-12-6-8-14(9-7-12)16-10-15(17(3,4)5)13(2)11-18-16;/h8-11,13-28H,1-7H3;6-8,10-11H,1-5H3;/q2*-1;/i;1D3,2D3;. The average molecular weight is 1120 g/mol. The zero-order valence-electron chi connectivity index (χ0n) is 47.8. The molecule has 363 valence electrons. The van der Waals surface area contributed by atoms with E-state index in [0.717, 1.165) is 44.9 Å². The Labute approximate surface area is 440 Å². The number of nitrogens with zero attached hydrogens (tertiary/aromatic N) is 3. The molecule has 3 heterocycles. The summed E-state index contributed by atoms with van der Waals surface area (Å²) in [6, 6.07) is 47.8. The van der Waals surface area contributed by atoms with Crippen LogP contribution in [0.2, 0.25) is 0 Å². The number of para-hydroxylation sites is 2. The third-order valence-corrected chi connectivity index (χ3v) is 12.9. The van der Waals surface area contributed by atoms with Crippen LogP contribution in [0.25, 0.3) is 83.6 Å². The number of hydrogen-bond donors (Lipinski definition) is 0. The van der Waals surface area contributed by atoms with Gasteiger partial charge in [0.2, 0.25) is 0 Å². The Hall–Kier alpha value is -6.53. The Morgan fingerprint density at radius 2 is 1.34 bits per heavy atom. The molecular weight excluding hydrogens is 1060 g/mol. The molecule has 71 heavy (non-hydrogen) atoms. The third-order valence-electron chi connectivity index (χ3n) is 12.9. The molecule has 0 fully saturated rings. The van der Waals surface area contributed by atoms with Crippen LogP contribution in [0.4, 0.5) is 8.78 Å². The molecule has 0 atom stereocenters. The van der Waals surface area contributed by atoms with Gasteiger partial charge in [0.05, 0.1) is 22.4 Å². The Morgan fingerprint density at radius 3 is 1.96 bits per heavy atom. The minimum Gasteiger partial charge on any atom is -0.501 e. The third kappa shape index (κ3) is 10.3. The van der Waals surface area contributed by atoms with E-state index >= 15 is 0 Å². The normalized spacial score (nSPS) is 13.5. The van der Waals surface area contributed by atoms with Crippen LogP contribution in [0.1, 0.15) is 123 Å². The summed E-state index contributed by atoms with van der Waals surface area (Å²) in [6.45, 7) is 17.2. The molecule has 10 aromatic rings. The van der Waals surface area contributed by atoms with Gasteiger partial charge < -0.3 is 14.0 Å². The summed E-state index contributed by atoms with van der Waals surface area (Å²) in [5.41, 5.74) is 14.4. The Kier molecular flexibility index (Phi) is 12.1. The van der Waals surface area contributed by atoms with E-state index in [2.05, 4.69) is 119 Å². The Morgan fingerprint density at radius 1 is 0.662 bits per heavy atom. The van der Waals surface area contributed by atoms with Crippen LogP contribution in [-0.4, -0.2) is 14.5 Å². The second kappa shape index (κ2) is 19.9. The van der Waals surface area contributed by atoms with Crippen molar-refractivity contribution in [3.63, 3.8) is 0 Å². The molecule has 3 aromatic heterocycles. The van der Waals surface area contributed by atoms with Gasteiger partial charge in [0.15, 0.2) is 0 Å². The van der Waals surface area contributed by atoms with Crippen molar-refractivity contribution in [2.24, 2.45) is 0 Å². The minimum atomic E-state index is -2.23. The number of furan rings is 1. The average Bonchev–Trinajstić information content (AvgIpc) is 3.93. The molecule has 0 saturated carbocycles. The molecular formula is C64H61F2IrN3O-2. The van der Waals surface area contributed by atoms with E-state index in [1.54, 1.807) is 12.1 Å². The summed E-state index contributed by atoms with van der Waals surface area (Å²) >= 11 is 0. The molecule has 4 nitrogen and oxygen atoms in total. The number of hydrogen-bond acceptors (Lipinski definition) is 3. The summed E-state index contributed by atoms with van der Waals surface area (Å²) in [4.78, 5) is 9.52. The smallest absolute Gasteiger partial charge is 0.126 e. The van der Waals surface area contributed by atoms with Gasteiger partial charge in [0.1, 0.15) is 17.2 Å². The number of aromatic nitrogens is 3. The van der Waals surface area contributed by atoms with Gasteiger partial charge in [0, 0.05) is 51.7 Å². The van der Waals surface area contributed by atoms with E-state index in [1.807, 2.05) is 63.2 Å². The van der Waals surface area contributed by atoms with Crippen LogP contribution in [-0.2, 0) is 30.9 Å². The Bertz CT molecular complexity index is 3740. The van der Waals surface area contributed by atoms with Gasteiger partial charge >= 0.3 is 0 Å². The van der Waals surface area contributed by atoms with E-state index < -0.39 is 25.3 Å². The maximum atomic E-state index is 14.1. The van der Waals surface area contributed by atoms with Crippen molar-refractivity contribution in [1.29, 1.82) is 0 Å². The zero-order chi connectivity index (χ0) is 54.8. The fraction of sp³-hybridized carbons (Fsp3) is 0.250. The first kappa shape index (κ1) is 43.3. The molecule has 0 spiro atoms. The summed E-state index contributed by atoms with van der Waals surface area (Å²) in [6.07, 6.45) is 1.38. The molecule has 0 bridgehead atoms. The van der Waals surface area contributed by atoms with E-state index in [4.69, 9.17) is 17.6 Å². The number of rotatable bonds is 7. The second-order valence-corrected chi connectivity index (χ2v) is 20.8. The first-order valence-corrected chi connectivity index (χ1v) is 23.8. The van der Waals surface area contributed by atoms with Crippen LogP contribution < -0.4 is 0 Å². The number of fused-ring (bicyclic) bond motifs is 4. The predicted octanol–water partition coefficient (Wildman–Crippen LogP) is 18.0. The molecule has 1 radical (unpaired) electrons. The zero-order valence-corrected chi connectivity index (χ0v) is 44.2. The van der Waals surface area contributed by atoms with Crippen LogP contribution in [0, 0.1) is 37.5 Å². The number of benzene rings is 7. The van der Waals surface area contributed by atoms with Gasteiger partial charge in [-0.15, -0.1) is 53.6 Å². The van der Waals surface area contributed by atoms with Gasteiger partial charge in [-0.25, -0.2) is 8.78 Å². The number of aryl methyl sites for hydroxylation is 2. The van der Waals surface area contributed by atoms with Gasteiger partial charge in [0.25, 0.3) is 0 Å². The van der Waals surface area contributed by atoms with Crippen molar-refractivity contribution in [3.8, 4) is 50.6 Å². The molecule has 10 rings (SSSR count). The largest absolute Gasteiger partial charge is 0.501 e. The fourth-order valence-electron chi connectivity index (χ4n) is 9.18. The molecule has 0 aliphatic carbocycles. The molecule has 0 saturated heterocycles. The molecule has 7 aromatic carbocycles. The van der Waals surface area contributed by atoms with Gasteiger partial charge in [-0.1, -0.05) is 142 Å². The van der Waals surface area contributed by atoms with Crippen LogP contribution in [0.5, 0.6) is 0 Å². The van der Waals surface area contributed by atoms with E-state index in [9.17, 15) is 8.78 Å². The summed E-state index contributed by atoms with van der Waals surface area (Å²) in [7, 11) is 0. The molecule has 0 amide bonds. The topological polar surface area (TPSA) is 43.9 Å². The van der Waals surface area contributed by atoms with Crippen molar-refractivity contribution in [2.45, 2.75) is 106 Å². The van der Waals surface area contributed by atoms with Crippen LogP contribution in [0.3, 0.4) is 0 Å². The van der Waals surface area contributed by atoms with Gasteiger partial charge in [-0.05, 0) is 128 Å². The van der Waals surface area contributed by atoms with Crippen LogP contribution in [0.15, 0.2) is 144 Å². The van der Waals surface area contributed by atoms with Gasteiger partial charge in [-0.2, -0.15) is 0 Å². The quantitative estimate of drug-likeness (QED) is 0.149. The van der Waals surface area contributed by atoms with Crippen molar-refractivity contribution in [3.05, 3.63) is 197 Å². The first-order chi connectivity index (χ1) is 35.7. The van der Waals surface area contributed by atoms with Crippen molar-refractivity contribution in [1.82, 2.24) is 14.5 Å². The molecule has 0 aliphatic rings. The van der Waals surface area contributed by atoms with Crippen molar-refractivity contribution < 1.29 is 41.5 Å². The summed E-state index contributed by atoms with van der Waals surface area (Å²) in [5.74, 6) is -0.0731. The summed E-state index contributed by atoms with van der Waals surface area (Å²) in [5, 5.41) is 1.82. The summed E-state index contributed by atoms with van der Waals surface area (Å²) < 4.78 is 82.5.